The molecule has 0 radical (unpaired) electrons. The lowest BCUT2D eigenvalue weighted by Crippen LogP contribution is -2.41. The van der Waals surface area contributed by atoms with Gasteiger partial charge in [-0.1, -0.05) is 13.8 Å². The Morgan fingerprint density at radius 3 is 2.56 bits per heavy atom. The van der Waals surface area contributed by atoms with Gasteiger partial charge in [0.2, 0.25) is 5.91 Å². The quantitative estimate of drug-likeness (QED) is 0.590. The zero-order valence-corrected chi connectivity index (χ0v) is 10.6. The molecule has 16 heavy (non-hydrogen) atoms. The second-order valence-corrected chi connectivity index (χ2v) is 4.94. The molecule has 0 saturated carbocycles. The molecule has 0 rings (SSSR count). The van der Waals surface area contributed by atoms with Crippen LogP contribution in [0.25, 0.3) is 0 Å². The maximum Gasteiger partial charge on any atom is 0.234 e. The Morgan fingerprint density at radius 2 is 2.06 bits per heavy atom. The molecule has 1 amide bonds. The molecule has 5 heteroatoms. The smallest absolute Gasteiger partial charge is 0.234 e. The van der Waals surface area contributed by atoms with Crippen LogP contribution in [0.1, 0.15) is 13.8 Å². The Balaban J connectivity index is 3.72. The van der Waals surface area contributed by atoms with Gasteiger partial charge < -0.3 is 15.5 Å². The van der Waals surface area contributed by atoms with Crippen molar-refractivity contribution in [1.82, 2.24) is 15.5 Å². The lowest BCUT2D eigenvalue weighted by Gasteiger charge is -2.28. The predicted molar refractivity (Wildman–Crippen MR) is 63.8 cm³/mol. The van der Waals surface area contributed by atoms with Gasteiger partial charge in [0.25, 0.3) is 0 Å². The molecule has 5 nitrogen and oxygen atoms in total. The SMILES string of the molecule is CN(C)CC(C)(C)CNCC(=O)NCC#N. The summed E-state index contributed by atoms with van der Waals surface area (Å²) in [6, 6.07) is 1.86. The van der Waals surface area contributed by atoms with E-state index in [9.17, 15) is 4.79 Å². The fourth-order valence-electron chi connectivity index (χ4n) is 1.63. The van der Waals surface area contributed by atoms with Crippen molar-refractivity contribution >= 4 is 5.91 Å². The van der Waals surface area contributed by atoms with Crippen molar-refractivity contribution in [3.63, 3.8) is 0 Å². The largest absolute Gasteiger partial charge is 0.342 e. The summed E-state index contributed by atoms with van der Waals surface area (Å²) in [5, 5.41) is 13.9. The zero-order chi connectivity index (χ0) is 12.6. The second-order valence-electron chi connectivity index (χ2n) is 4.94. The van der Waals surface area contributed by atoms with Crippen LogP contribution in [0.5, 0.6) is 0 Å². The molecular formula is C11H22N4O. The molecule has 0 unspecified atom stereocenters. The summed E-state index contributed by atoms with van der Waals surface area (Å²) in [5.41, 5.74) is 0.124. The zero-order valence-electron chi connectivity index (χ0n) is 10.6. The number of hydrogen-bond acceptors (Lipinski definition) is 4. The lowest BCUT2D eigenvalue weighted by molar-refractivity contribution is -0.120. The van der Waals surface area contributed by atoms with Gasteiger partial charge in [-0.25, -0.2) is 0 Å². The molecule has 0 heterocycles. The molecule has 0 aromatic rings. The van der Waals surface area contributed by atoms with E-state index < -0.39 is 0 Å². The van der Waals surface area contributed by atoms with Gasteiger partial charge in [-0.2, -0.15) is 5.26 Å². The van der Waals surface area contributed by atoms with Crippen LogP contribution in [0.2, 0.25) is 0 Å². The molecule has 0 aliphatic rings. The van der Waals surface area contributed by atoms with Crippen LogP contribution in [-0.2, 0) is 4.79 Å². The van der Waals surface area contributed by atoms with Gasteiger partial charge in [0.1, 0.15) is 6.54 Å². The molecule has 0 aromatic heterocycles. The highest BCUT2D eigenvalue weighted by Gasteiger charge is 2.18. The summed E-state index contributed by atoms with van der Waals surface area (Å²) < 4.78 is 0. The predicted octanol–water partition coefficient (Wildman–Crippen LogP) is -0.196. The molecule has 0 aromatic carbocycles. The highest BCUT2D eigenvalue weighted by atomic mass is 16.1. The van der Waals surface area contributed by atoms with E-state index in [1.165, 1.54) is 0 Å². The van der Waals surface area contributed by atoms with E-state index in [2.05, 4.69) is 29.4 Å². The number of carbonyl (C=O) groups is 1. The minimum atomic E-state index is -0.137. The summed E-state index contributed by atoms with van der Waals surface area (Å²) in [7, 11) is 4.06. The number of amides is 1. The van der Waals surface area contributed by atoms with E-state index in [1.54, 1.807) is 0 Å². The number of hydrogen-bond donors (Lipinski definition) is 2. The van der Waals surface area contributed by atoms with E-state index in [4.69, 9.17) is 5.26 Å². The molecular weight excluding hydrogens is 204 g/mol. The first-order valence-electron chi connectivity index (χ1n) is 5.36. The van der Waals surface area contributed by atoms with Gasteiger partial charge in [-0.3, -0.25) is 4.79 Å². The van der Waals surface area contributed by atoms with Crippen LogP contribution < -0.4 is 10.6 Å². The van der Waals surface area contributed by atoms with E-state index in [0.29, 0.717) is 0 Å². The first kappa shape index (κ1) is 14.9. The summed E-state index contributed by atoms with van der Waals surface area (Å²) in [6.07, 6.45) is 0. The van der Waals surface area contributed by atoms with Crippen molar-refractivity contribution in [2.75, 3.05) is 40.3 Å². The fraction of sp³-hybridized carbons (Fsp3) is 0.818. The third-order valence-corrected chi connectivity index (χ3v) is 2.00. The second kappa shape index (κ2) is 7.20. The third kappa shape index (κ3) is 8.21. The lowest BCUT2D eigenvalue weighted by atomic mass is 9.93. The minimum Gasteiger partial charge on any atom is -0.342 e. The van der Waals surface area contributed by atoms with Crippen molar-refractivity contribution in [3.05, 3.63) is 0 Å². The molecule has 0 fully saturated rings. The Hall–Kier alpha value is -1.12. The number of nitrogens with zero attached hydrogens (tertiary/aromatic N) is 2. The van der Waals surface area contributed by atoms with Crippen LogP contribution >= 0.6 is 0 Å². The topological polar surface area (TPSA) is 68.2 Å². The van der Waals surface area contributed by atoms with Crippen LogP contribution in [-0.4, -0.2) is 51.1 Å². The molecule has 0 spiro atoms. The van der Waals surface area contributed by atoms with Gasteiger partial charge >= 0.3 is 0 Å². The summed E-state index contributed by atoms with van der Waals surface area (Å²) >= 11 is 0. The summed E-state index contributed by atoms with van der Waals surface area (Å²) in [4.78, 5) is 13.3. The number of nitrogens with one attached hydrogen (secondary N) is 2. The molecule has 0 aliphatic carbocycles. The Bertz CT molecular complexity index is 255. The minimum absolute atomic E-state index is 0.0710. The average molecular weight is 226 g/mol. The highest BCUT2D eigenvalue weighted by molar-refractivity contribution is 5.78. The van der Waals surface area contributed by atoms with Crippen molar-refractivity contribution in [3.8, 4) is 6.07 Å². The fourth-order valence-corrected chi connectivity index (χ4v) is 1.63. The van der Waals surface area contributed by atoms with Crippen molar-refractivity contribution < 1.29 is 4.79 Å². The maximum absolute atomic E-state index is 11.2. The average Bonchev–Trinajstić information content (AvgIpc) is 2.12. The molecule has 92 valence electrons. The van der Waals surface area contributed by atoms with Gasteiger partial charge in [0.05, 0.1) is 12.6 Å². The van der Waals surface area contributed by atoms with Gasteiger partial charge in [-0.05, 0) is 19.5 Å². The Kier molecular flexibility index (Phi) is 6.70. The molecule has 2 N–H and O–H groups in total. The highest BCUT2D eigenvalue weighted by Crippen LogP contribution is 2.13. The van der Waals surface area contributed by atoms with E-state index in [1.807, 2.05) is 20.2 Å². The molecule has 0 bridgehead atoms. The number of carbonyl (C=O) groups excluding carboxylic acids is 1. The van der Waals surface area contributed by atoms with Crippen molar-refractivity contribution in [2.45, 2.75) is 13.8 Å². The first-order valence-corrected chi connectivity index (χ1v) is 5.36. The van der Waals surface area contributed by atoms with E-state index in [-0.39, 0.29) is 24.4 Å². The Labute approximate surface area is 97.8 Å². The van der Waals surface area contributed by atoms with Crippen LogP contribution in [0.4, 0.5) is 0 Å². The van der Waals surface area contributed by atoms with Crippen LogP contribution in [0.15, 0.2) is 0 Å². The van der Waals surface area contributed by atoms with Crippen molar-refractivity contribution in [2.24, 2.45) is 5.41 Å². The molecule has 0 aliphatic heterocycles. The Morgan fingerprint density at radius 1 is 1.44 bits per heavy atom. The molecule has 0 atom stereocenters. The number of nitriles is 1. The van der Waals surface area contributed by atoms with Crippen molar-refractivity contribution in [1.29, 1.82) is 5.26 Å². The maximum atomic E-state index is 11.2. The number of rotatable bonds is 7. The van der Waals surface area contributed by atoms with E-state index >= 15 is 0 Å². The summed E-state index contributed by atoms with van der Waals surface area (Å²) in [5.74, 6) is -0.137. The van der Waals surface area contributed by atoms with E-state index in [0.717, 1.165) is 13.1 Å². The normalized spacial score (nSPS) is 11.2. The van der Waals surface area contributed by atoms with Gasteiger partial charge in [-0.15, -0.1) is 0 Å². The van der Waals surface area contributed by atoms with Crippen LogP contribution in [0, 0.1) is 16.7 Å². The van der Waals surface area contributed by atoms with Crippen LogP contribution in [0.3, 0.4) is 0 Å². The first-order chi connectivity index (χ1) is 7.37. The van der Waals surface area contributed by atoms with Gasteiger partial charge in [0, 0.05) is 13.1 Å². The summed E-state index contributed by atoms with van der Waals surface area (Å²) in [6.45, 7) is 6.35. The monoisotopic (exact) mass is 226 g/mol. The third-order valence-electron chi connectivity index (χ3n) is 2.00. The van der Waals surface area contributed by atoms with Gasteiger partial charge in [0.15, 0.2) is 0 Å². The standard InChI is InChI=1S/C11H22N4O/c1-11(2,9-15(3)4)8-13-7-10(16)14-6-5-12/h13H,6-9H2,1-4H3,(H,14,16). The molecule has 0 saturated heterocycles.